The Labute approximate surface area is 228 Å². The zero-order valence-corrected chi connectivity index (χ0v) is 27.0. The Morgan fingerprint density at radius 3 is 1.42 bits per heavy atom. The first-order valence-electron chi connectivity index (χ1n) is 15.4. The van der Waals surface area contributed by atoms with Crippen molar-refractivity contribution < 1.29 is 9.47 Å². The predicted octanol–water partition coefficient (Wildman–Crippen LogP) is 11.2. The summed E-state index contributed by atoms with van der Waals surface area (Å²) in [4.78, 5) is 0. The molecule has 0 aliphatic rings. The molecule has 216 valence electrons. The van der Waals surface area contributed by atoms with E-state index in [1.807, 2.05) is 0 Å². The SMILES string of the molecule is CC(C)=CCCC(C)CCOC(C)(C)CCCC(C)CCOC(C)(C)CCCC(C)CCC(C)(C)C. The summed E-state index contributed by atoms with van der Waals surface area (Å²) in [6.45, 7) is 29.4. The molecule has 0 saturated heterocycles. The van der Waals surface area contributed by atoms with E-state index in [0.29, 0.717) is 11.3 Å². The van der Waals surface area contributed by atoms with E-state index >= 15 is 0 Å². The molecule has 0 bridgehead atoms. The molecule has 0 aliphatic carbocycles. The highest BCUT2D eigenvalue weighted by Crippen LogP contribution is 2.28. The van der Waals surface area contributed by atoms with Gasteiger partial charge in [0.05, 0.1) is 11.2 Å². The monoisotopic (exact) mass is 509 g/mol. The van der Waals surface area contributed by atoms with Gasteiger partial charge >= 0.3 is 0 Å². The van der Waals surface area contributed by atoms with Crippen LogP contribution in [0.2, 0.25) is 0 Å². The lowest BCUT2D eigenvalue weighted by Crippen LogP contribution is -2.26. The molecule has 36 heavy (non-hydrogen) atoms. The third-order valence-corrected chi connectivity index (χ3v) is 7.76. The van der Waals surface area contributed by atoms with Gasteiger partial charge in [-0.25, -0.2) is 0 Å². The van der Waals surface area contributed by atoms with Crippen LogP contribution < -0.4 is 0 Å². The highest BCUT2D eigenvalue weighted by atomic mass is 16.5. The third-order valence-electron chi connectivity index (χ3n) is 7.76. The summed E-state index contributed by atoms with van der Waals surface area (Å²) >= 11 is 0. The van der Waals surface area contributed by atoms with Crippen LogP contribution >= 0.6 is 0 Å². The predicted molar refractivity (Wildman–Crippen MR) is 162 cm³/mol. The highest BCUT2D eigenvalue weighted by Gasteiger charge is 2.21. The topological polar surface area (TPSA) is 18.5 Å². The Balaban J connectivity index is 3.97. The van der Waals surface area contributed by atoms with Gasteiger partial charge in [0.15, 0.2) is 0 Å². The van der Waals surface area contributed by atoms with Crippen LogP contribution in [0, 0.1) is 23.2 Å². The van der Waals surface area contributed by atoms with Gasteiger partial charge in [-0.2, -0.15) is 0 Å². The number of hydrogen-bond donors (Lipinski definition) is 0. The molecule has 3 atom stereocenters. The Morgan fingerprint density at radius 2 is 1.00 bits per heavy atom. The molecule has 0 amide bonds. The van der Waals surface area contributed by atoms with Gasteiger partial charge in [0.1, 0.15) is 0 Å². The van der Waals surface area contributed by atoms with Gasteiger partial charge in [-0.15, -0.1) is 0 Å². The molecular formula is C34H68O2. The third kappa shape index (κ3) is 22.8. The molecular weight excluding hydrogens is 440 g/mol. The molecule has 2 heteroatoms. The second-order valence-corrected chi connectivity index (χ2v) is 14.9. The van der Waals surface area contributed by atoms with E-state index in [9.17, 15) is 0 Å². The molecule has 0 spiro atoms. The summed E-state index contributed by atoms with van der Waals surface area (Å²) in [5, 5.41) is 0. The molecule has 0 fully saturated rings. The summed E-state index contributed by atoms with van der Waals surface area (Å²) in [6, 6.07) is 0. The molecule has 0 aromatic carbocycles. The lowest BCUT2D eigenvalue weighted by Gasteiger charge is -2.28. The Hall–Kier alpha value is -0.340. The van der Waals surface area contributed by atoms with Gasteiger partial charge in [0, 0.05) is 13.2 Å². The number of rotatable bonds is 21. The first-order chi connectivity index (χ1) is 16.5. The molecule has 0 aliphatic heterocycles. The standard InChI is InChI=1S/C34H68O2/c1-28(2)16-13-17-30(4)21-26-35-34(11,12)24-15-19-31(5)22-27-36-33(9,10)23-14-18-29(3)20-25-32(6,7)8/h16,29-31H,13-15,17-27H2,1-12H3. The van der Waals surface area contributed by atoms with Crippen molar-refractivity contribution in [1.29, 1.82) is 0 Å². The van der Waals surface area contributed by atoms with Gasteiger partial charge in [-0.05, 0) is 110 Å². The fraction of sp³-hybridized carbons (Fsp3) is 0.941. The Morgan fingerprint density at radius 1 is 0.583 bits per heavy atom. The van der Waals surface area contributed by atoms with Crippen molar-refractivity contribution in [3.8, 4) is 0 Å². The van der Waals surface area contributed by atoms with E-state index in [1.54, 1.807) is 0 Å². The van der Waals surface area contributed by atoms with Crippen LogP contribution in [0.4, 0.5) is 0 Å². The van der Waals surface area contributed by atoms with E-state index in [0.717, 1.165) is 37.9 Å². The first kappa shape index (κ1) is 35.7. The lowest BCUT2D eigenvalue weighted by molar-refractivity contribution is -0.0345. The van der Waals surface area contributed by atoms with Gasteiger partial charge in [-0.1, -0.05) is 85.3 Å². The van der Waals surface area contributed by atoms with Crippen molar-refractivity contribution in [1.82, 2.24) is 0 Å². The lowest BCUT2D eigenvalue weighted by atomic mass is 9.85. The van der Waals surface area contributed by atoms with Crippen LogP contribution in [0.5, 0.6) is 0 Å². The van der Waals surface area contributed by atoms with Crippen LogP contribution in [0.1, 0.15) is 160 Å². The van der Waals surface area contributed by atoms with E-state index in [1.165, 1.54) is 69.8 Å². The highest BCUT2D eigenvalue weighted by molar-refractivity contribution is 4.92. The Bertz CT molecular complexity index is 562. The van der Waals surface area contributed by atoms with Gasteiger partial charge in [0.25, 0.3) is 0 Å². The second-order valence-electron chi connectivity index (χ2n) is 14.9. The minimum atomic E-state index is -0.0120. The molecule has 2 nitrogen and oxygen atoms in total. The zero-order valence-electron chi connectivity index (χ0n) is 27.0. The minimum absolute atomic E-state index is 0.00207. The fourth-order valence-corrected chi connectivity index (χ4v) is 4.74. The molecule has 0 aromatic rings. The Kier molecular flexibility index (Phi) is 17.9. The summed E-state index contributed by atoms with van der Waals surface area (Å²) in [6.07, 6.45) is 17.2. The van der Waals surface area contributed by atoms with Gasteiger partial charge in [0.2, 0.25) is 0 Å². The van der Waals surface area contributed by atoms with Crippen molar-refractivity contribution in [2.45, 2.75) is 171 Å². The average Bonchev–Trinajstić information content (AvgIpc) is 2.71. The van der Waals surface area contributed by atoms with E-state index in [4.69, 9.17) is 9.47 Å². The van der Waals surface area contributed by atoms with Crippen molar-refractivity contribution in [2.24, 2.45) is 23.2 Å². The molecule has 0 aromatic heterocycles. The fourth-order valence-electron chi connectivity index (χ4n) is 4.74. The van der Waals surface area contributed by atoms with Crippen molar-refractivity contribution >= 4 is 0 Å². The summed E-state index contributed by atoms with van der Waals surface area (Å²) < 4.78 is 12.6. The summed E-state index contributed by atoms with van der Waals surface area (Å²) in [5.74, 6) is 2.27. The zero-order chi connectivity index (χ0) is 27.8. The van der Waals surface area contributed by atoms with Crippen molar-refractivity contribution in [2.75, 3.05) is 13.2 Å². The number of hydrogen-bond acceptors (Lipinski definition) is 2. The van der Waals surface area contributed by atoms with Crippen LogP contribution in [0.3, 0.4) is 0 Å². The molecule has 0 N–H and O–H groups in total. The maximum atomic E-state index is 6.33. The molecule has 3 unspecified atom stereocenters. The quantitative estimate of drug-likeness (QED) is 0.143. The van der Waals surface area contributed by atoms with E-state index in [-0.39, 0.29) is 11.2 Å². The first-order valence-corrected chi connectivity index (χ1v) is 15.4. The van der Waals surface area contributed by atoms with Gasteiger partial charge < -0.3 is 9.47 Å². The number of ether oxygens (including phenoxy) is 2. The maximum Gasteiger partial charge on any atom is 0.0626 e. The molecule has 0 radical (unpaired) electrons. The van der Waals surface area contributed by atoms with Crippen LogP contribution in [-0.2, 0) is 9.47 Å². The van der Waals surface area contributed by atoms with Gasteiger partial charge in [-0.3, -0.25) is 0 Å². The van der Waals surface area contributed by atoms with E-state index < -0.39 is 0 Å². The normalized spacial score (nSPS) is 15.6. The largest absolute Gasteiger partial charge is 0.376 e. The van der Waals surface area contributed by atoms with Crippen LogP contribution in [0.25, 0.3) is 0 Å². The van der Waals surface area contributed by atoms with Crippen molar-refractivity contribution in [3.63, 3.8) is 0 Å². The summed E-state index contributed by atoms with van der Waals surface area (Å²) in [5.41, 5.74) is 1.88. The minimum Gasteiger partial charge on any atom is -0.376 e. The second kappa shape index (κ2) is 18.0. The molecule has 0 saturated carbocycles. The van der Waals surface area contributed by atoms with Crippen molar-refractivity contribution in [3.05, 3.63) is 11.6 Å². The van der Waals surface area contributed by atoms with Crippen LogP contribution in [-0.4, -0.2) is 24.4 Å². The molecule has 0 rings (SSSR count). The molecule has 0 heterocycles. The van der Waals surface area contributed by atoms with E-state index in [2.05, 4.69) is 89.2 Å². The smallest absolute Gasteiger partial charge is 0.0626 e. The maximum absolute atomic E-state index is 6.33. The average molecular weight is 509 g/mol. The number of allylic oxidation sites excluding steroid dienone is 2. The summed E-state index contributed by atoms with van der Waals surface area (Å²) in [7, 11) is 0. The van der Waals surface area contributed by atoms with Crippen LogP contribution in [0.15, 0.2) is 11.6 Å².